The maximum Gasteiger partial charge on any atom is 0.416 e. The minimum atomic E-state index is -4.52. The number of unbranched alkanes of at least 4 members (excludes halogenated alkanes) is 3. The Morgan fingerprint density at radius 1 is 0.697 bits per heavy atom. The number of alkyl halides is 3. The van der Waals surface area contributed by atoms with E-state index in [1.807, 2.05) is 111 Å². The van der Waals surface area contributed by atoms with Gasteiger partial charge in [-0.05, 0) is 160 Å². The molecule has 0 saturated heterocycles. The van der Waals surface area contributed by atoms with Gasteiger partial charge in [-0.1, -0.05) is 151 Å². The minimum absolute atomic E-state index is 0.371. The van der Waals surface area contributed by atoms with Crippen molar-refractivity contribution in [3.8, 4) is 45.3 Å². The van der Waals surface area contributed by atoms with Crippen LogP contribution in [0.4, 0.5) is 13.2 Å². The molecule has 8 heteroatoms. The van der Waals surface area contributed by atoms with E-state index in [9.17, 15) is 18.0 Å². The van der Waals surface area contributed by atoms with Crippen molar-refractivity contribution in [3.63, 3.8) is 0 Å². The molecule has 1 fully saturated rings. The topological polar surface area (TPSA) is 54.0 Å². The third-order valence-electron chi connectivity index (χ3n) is 16.6. The van der Waals surface area contributed by atoms with Crippen LogP contribution in [0.25, 0.3) is 49.9 Å². The predicted octanol–water partition coefficient (Wildman–Crippen LogP) is 18.6. The molecule has 0 aromatic heterocycles. The molecule has 0 spiro atoms. The number of fused-ring (bicyclic) bond motifs is 10. The molecule has 1 aliphatic heterocycles. The monoisotopic (exact) mass is 1020 g/mol. The van der Waals surface area contributed by atoms with Gasteiger partial charge in [0.15, 0.2) is 5.60 Å². The minimum Gasteiger partial charge on any atom is -0.497 e. The van der Waals surface area contributed by atoms with Crippen LogP contribution in [0.3, 0.4) is 0 Å². The molecule has 8 aromatic carbocycles. The summed E-state index contributed by atoms with van der Waals surface area (Å²) in [5.41, 5.74) is 6.72. The van der Waals surface area contributed by atoms with Gasteiger partial charge in [-0.15, -0.1) is 0 Å². The highest BCUT2D eigenvalue weighted by molar-refractivity contribution is 6.20. The number of carbonyl (C=O) groups is 1. The molecule has 0 radical (unpaired) electrons. The zero-order valence-electron chi connectivity index (χ0n) is 44.1. The highest BCUT2D eigenvalue weighted by Crippen LogP contribution is 2.60. The number of benzene rings is 8. The second-order valence-corrected chi connectivity index (χ2v) is 21.6. The Hall–Kier alpha value is -7.32. The quantitative estimate of drug-likeness (QED) is 0.0443. The van der Waals surface area contributed by atoms with Crippen molar-refractivity contribution in [2.75, 3.05) is 13.7 Å². The van der Waals surface area contributed by atoms with Crippen LogP contribution >= 0.6 is 0 Å². The summed E-state index contributed by atoms with van der Waals surface area (Å²) in [7, 11) is 1.63. The van der Waals surface area contributed by atoms with Crippen molar-refractivity contribution in [3.05, 3.63) is 196 Å². The number of ether oxygens (including phenoxy) is 4. The molecule has 1 heterocycles. The molecule has 76 heavy (non-hydrogen) atoms. The summed E-state index contributed by atoms with van der Waals surface area (Å²) in [4.78, 5) is 14.2. The fourth-order valence-corrected chi connectivity index (χ4v) is 12.4. The molecular weight excluding hydrogens is 954 g/mol. The van der Waals surface area contributed by atoms with Crippen LogP contribution in [-0.2, 0) is 17.2 Å². The molecule has 1 unspecified atom stereocenters. The van der Waals surface area contributed by atoms with Crippen molar-refractivity contribution < 1.29 is 36.9 Å². The fraction of sp³-hybridized carbons (Fsp3) is 0.309. The fourth-order valence-electron chi connectivity index (χ4n) is 12.4. The molecule has 1 saturated carbocycles. The van der Waals surface area contributed by atoms with Crippen molar-refractivity contribution in [1.82, 2.24) is 0 Å². The first-order valence-electron chi connectivity index (χ1n) is 27.3. The van der Waals surface area contributed by atoms with Crippen molar-refractivity contribution in [2.45, 2.75) is 115 Å². The van der Waals surface area contributed by atoms with Gasteiger partial charge in [-0.25, -0.2) is 4.79 Å². The standard InChI is InChI=1S/C68H65F3O5/c1-6-8-10-12-43-15-17-44(18-16-43)45-19-21-46(22-20-45)47-23-25-48(26-24-47)65(72)75-60-14-11-13-55-54(60)37-38-57-61-56-36-31-51(68(69,70)71)42-59(56)66(3,4)63(61)58-39-40-67(76-64(58)62(55)57,49-27-32-52(73-5)33-28-49)50-29-34-53(35-30-50)74-41-9-7-2/h11,13-14,19-40,42-44H,6-10,12,15-18,41H2,1-5H3/t43-,44-,67?. The molecule has 2 aliphatic carbocycles. The molecule has 8 aromatic rings. The van der Waals surface area contributed by atoms with Gasteiger partial charge < -0.3 is 18.9 Å². The first kappa shape index (κ1) is 50.8. The summed E-state index contributed by atoms with van der Waals surface area (Å²) in [5, 5.41) is 3.00. The highest BCUT2D eigenvalue weighted by Gasteiger charge is 2.46. The lowest BCUT2D eigenvalue weighted by atomic mass is 9.76. The summed E-state index contributed by atoms with van der Waals surface area (Å²) in [6.07, 6.45) is 12.1. The Morgan fingerprint density at radius 2 is 1.36 bits per heavy atom. The Morgan fingerprint density at radius 3 is 2.01 bits per heavy atom. The van der Waals surface area contributed by atoms with Crippen LogP contribution in [-0.4, -0.2) is 19.7 Å². The van der Waals surface area contributed by atoms with E-state index in [0.717, 1.165) is 85.2 Å². The Balaban J connectivity index is 0.972. The van der Waals surface area contributed by atoms with Gasteiger partial charge in [0.1, 0.15) is 23.0 Å². The lowest BCUT2D eigenvalue weighted by molar-refractivity contribution is -0.137. The van der Waals surface area contributed by atoms with E-state index < -0.39 is 28.7 Å². The number of hydrogen-bond acceptors (Lipinski definition) is 5. The summed E-state index contributed by atoms with van der Waals surface area (Å²) in [5.74, 6) is 3.37. The van der Waals surface area contributed by atoms with Gasteiger partial charge >= 0.3 is 12.1 Å². The molecule has 0 bridgehead atoms. The van der Waals surface area contributed by atoms with E-state index in [-0.39, 0.29) is 0 Å². The number of esters is 1. The first-order chi connectivity index (χ1) is 36.8. The molecule has 11 rings (SSSR count). The average Bonchev–Trinajstić information content (AvgIpc) is 3.79. The zero-order valence-corrected chi connectivity index (χ0v) is 44.1. The summed E-state index contributed by atoms with van der Waals surface area (Å²) < 4.78 is 69.0. The van der Waals surface area contributed by atoms with Gasteiger partial charge in [0.05, 0.1) is 24.8 Å². The van der Waals surface area contributed by atoms with Gasteiger partial charge in [0.25, 0.3) is 0 Å². The molecule has 5 nitrogen and oxygen atoms in total. The lowest BCUT2D eigenvalue weighted by Crippen LogP contribution is -2.35. The summed E-state index contributed by atoms with van der Waals surface area (Å²) in [6, 6.07) is 46.0. The first-order valence-corrected chi connectivity index (χ1v) is 27.3. The van der Waals surface area contributed by atoms with Crippen molar-refractivity contribution in [1.29, 1.82) is 0 Å². The lowest BCUT2D eigenvalue weighted by Gasteiger charge is -2.38. The number of methoxy groups -OCH3 is 1. The Kier molecular flexibility index (Phi) is 13.8. The van der Waals surface area contributed by atoms with Gasteiger partial charge in [0, 0.05) is 32.9 Å². The maximum absolute atomic E-state index is 14.4. The van der Waals surface area contributed by atoms with E-state index in [2.05, 4.69) is 50.3 Å². The number of hydrogen-bond donors (Lipinski definition) is 0. The normalized spacial score (nSPS) is 18.4. The molecule has 0 amide bonds. The predicted molar refractivity (Wildman–Crippen MR) is 300 cm³/mol. The second-order valence-electron chi connectivity index (χ2n) is 21.6. The third-order valence-corrected chi connectivity index (χ3v) is 16.6. The van der Waals surface area contributed by atoms with Gasteiger partial charge in [-0.2, -0.15) is 13.2 Å². The van der Waals surface area contributed by atoms with E-state index in [1.54, 1.807) is 19.2 Å². The van der Waals surface area contributed by atoms with Gasteiger partial charge in [-0.3, -0.25) is 0 Å². The second kappa shape index (κ2) is 20.7. The third kappa shape index (κ3) is 9.32. The van der Waals surface area contributed by atoms with Crippen molar-refractivity contribution >= 4 is 33.6 Å². The molecule has 388 valence electrons. The molecule has 1 atom stereocenters. The number of carbonyl (C=O) groups excluding carboxylic acids is 1. The molecule has 0 N–H and O–H groups in total. The van der Waals surface area contributed by atoms with Crippen LogP contribution in [0, 0.1) is 5.92 Å². The van der Waals surface area contributed by atoms with Crippen LogP contribution in [0.1, 0.15) is 147 Å². The van der Waals surface area contributed by atoms with Gasteiger partial charge in [0.2, 0.25) is 0 Å². The largest absolute Gasteiger partial charge is 0.497 e. The average molecular weight is 1020 g/mol. The van der Waals surface area contributed by atoms with Crippen LogP contribution < -0.4 is 18.9 Å². The zero-order chi connectivity index (χ0) is 52.8. The van der Waals surface area contributed by atoms with E-state index in [4.69, 9.17) is 18.9 Å². The number of rotatable bonds is 15. The molecular formula is C68H65F3O5. The highest BCUT2D eigenvalue weighted by atomic mass is 19.4. The smallest absolute Gasteiger partial charge is 0.416 e. The SMILES string of the molecule is CCCCC[C@H]1CC[C@H](c2ccc(-c3ccc(C(=O)Oc4cccc5c4ccc4c6c(c7c(c45)OC(c4ccc(OC)cc4)(c4ccc(OCCCC)cc4)C=C7)C(C)(C)c4cc(C(F)(F)F)ccc4-6)cc3)cc2)CC1. The van der Waals surface area contributed by atoms with Crippen LogP contribution in [0.15, 0.2) is 152 Å². The maximum atomic E-state index is 14.4. The summed E-state index contributed by atoms with van der Waals surface area (Å²) >= 11 is 0. The summed E-state index contributed by atoms with van der Waals surface area (Å²) in [6.45, 7) is 8.99. The van der Waals surface area contributed by atoms with E-state index in [1.165, 1.54) is 69.1 Å². The number of halogens is 3. The van der Waals surface area contributed by atoms with E-state index >= 15 is 0 Å². The van der Waals surface area contributed by atoms with E-state index in [0.29, 0.717) is 46.3 Å². The Labute approximate surface area is 444 Å². The van der Waals surface area contributed by atoms with Crippen molar-refractivity contribution in [2.24, 2.45) is 5.92 Å². The Bertz CT molecular complexity index is 3460. The van der Waals surface area contributed by atoms with Crippen LogP contribution in [0.5, 0.6) is 23.0 Å². The van der Waals surface area contributed by atoms with Crippen LogP contribution in [0.2, 0.25) is 0 Å². The molecule has 3 aliphatic rings.